The van der Waals surface area contributed by atoms with Crippen LogP contribution in [0.5, 0.6) is 0 Å². The Morgan fingerprint density at radius 1 is 1.11 bits per heavy atom. The number of hydrogen-bond acceptors (Lipinski definition) is 5. The molecule has 144 valence electrons. The fraction of sp³-hybridized carbons (Fsp3) is 0.350. The van der Waals surface area contributed by atoms with Gasteiger partial charge in [-0.3, -0.25) is 14.3 Å². The van der Waals surface area contributed by atoms with E-state index in [4.69, 9.17) is 0 Å². The Hall–Kier alpha value is -3.29. The van der Waals surface area contributed by atoms with Crippen LogP contribution in [-0.4, -0.2) is 49.8 Å². The molecular formula is C20H22N6O2. The number of likely N-dealkylation sites (tertiary alicyclic amines) is 1. The van der Waals surface area contributed by atoms with Gasteiger partial charge in [-0.1, -0.05) is 6.07 Å². The van der Waals surface area contributed by atoms with Gasteiger partial charge in [0.25, 0.3) is 0 Å². The molecule has 1 saturated heterocycles. The normalized spacial score (nSPS) is 15.0. The van der Waals surface area contributed by atoms with E-state index in [1.54, 1.807) is 16.5 Å². The number of aryl methyl sites for hydroxylation is 1. The van der Waals surface area contributed by atoms with E-state index in [-0.39, 0.29) is 17.7 Å². The second kappa shape index (κ2) is 7.38. The minimum Gasteiger partial charge on any atom is -0.343 e. The summed E-state index contributed by atoms with van der Waals surface area (Å²) in [6, 6.07) is 7.75. The van der Waals surface area contributed by atoms with Crippen molar-refractivity contribution in [3.05, 3.63) is 36.7 Å². The van der Waals surface area contributed by atoms with Crippen LogP contribution in [0.25, 0.3) is 22.0 Å². The molecule has 0 radical (unpaired) electrons. The molecule has 1 fully saturated rings. The van der Waals surface area contributed by atoms with Gasteiger partial charge in [-0.25, -0.2) is 0 Å². The van der Waals surface area contributed by atoms with Crippen molar-refractivity contribution in [2.45, 2.75) is 19.8 Å². The number of anilines is 1. The summed E-state index contributed by atoms with van der Waals surface area (Å²) >= 11 is 0. The van der Waals surface area contributed by atoms with Crippen LogP contribution in [0.2, 0.25) is 0 Å². The third kappa shape index (κ3) is 3.71. The number of nitrogens with zero attached hydrogens (tertiary/aromatic N) is 5. The number of hydrogen-bond donors (Lipinski definition) is 1. The van der Waals surface area contributed by atoms with Gasteiger partial charge in [-0.15, -0.1) is 10.2 Å². The molecule has 0 saturated carbocycles. The molecule has 1 aromatic carbocycles. The lowest BCUT2D eigenvalue weighted by molar-refractivity contribution is -0.132. The zero-order valence-corrected chi connectivity index (χ0v) is 15.9. The molecule has 0 unspecified atom stereocenters. The van der Waals surface area contributed by atoms with Crippen molar-refractivity contribution < 1.29 is 9.59 Å². The summed E-state index contributed by atoms with van der Waals surface area (Å²) < 4.78 is 1.76. The summed E-state index contributed by atoms with van der Waals surface area (Å²) in [5, 5.41) is 16.3. The molecule has 1 aliphatic heterocycles. The highest BCUT2D eigenvalue weighted by Gasteiger charge is 2.26. The number of fused-ring (bicyclic) bond motifs is 1. The van der Waals surface area contributed by atoms with Crippen molar-refractivity contribution in [3.8, 4) is 11.1 Å². The fourth-order valence-corrected chi connectivity index (χ4v) is 3.54. The predicted octanol–water partition coefficient (Wildman–Crippen LogP) is 2.23. The maximum Gasteiger partial charge on any atom is 0.228 e. The first-order chi connectivity index (χ1) is 13.5. The van der Waals surface area contributed by atoms with E-state index in [0.717, 1.165) is 22.0 Å². The zero-order valence-electron chi connectivity index (χ0n) is 15.9. The first-order valence-electron chi connectivity index (χ1n) is 9.32. The summed E-state index contributed by atoms with van der Waals surface area (Å²) in [7, 11) is 1.88. The number of amides is 2. The number of benzene rings is 1. The molecule has 2 amide bonds. The third-order valence-corrected chi connectivity index (χ3v) is 5.19. The largest absolute Gasteiger partial charge is 0.343 e. The Morgan fingerprint density at radius 2 is 1.89 bits per heavy atom. The van der Waals surface area contributed by atoms with Gasteiger partial charge in [-0.05, 0) is 36.6 Å². The fourth-order valence-electron chi connectivity index (χ4n) is 3.54. The molecule has 8 heteroatoms. The maximum absolute atomic E-state index is 12.6. The number of carbonyl (C=O) groups excluding carboxylic acids is 2. The van der Waals surface area contributed by atoms with E-state index in [1.807, 2.05) is 43.7 Å². The Morgan fingerprint density at radius 3 is 2.57 bits per heavy atom. The van der Waals surface area contributed by atoms with Crippen molar-refractivity contribution >= 4 is 28.5 Å². The van der Waals surface area contributed by atoms with Crippen LogP contribution < -0.4 is 5.32 Å². The van der Waals surface area contributed by atoms with Gasteiger partial charge in [0.2, 0.25) is 11.8 Å². The van der Waals surface area contributed by atoms with Crippen LogP contribution in [0.15, 0.2) is 36.7 Å². The summed E-state index contributed by atoms with van der Waals surface area (Å²) in [4.78, 5) is 25.8. The van der Waals surface area contributed by atoms with Gasteiger partial charge >= 0.3 is 0 Å². The average molecular weight is 378 g/mol. The van der Waals surface area contributed by atoms with Crippen molar-refractivity contribution in [2.24, 2.45) is 13.0 Å². The van der Waals surface area contributed by atoms with Gasteiger partial charge in [0.05, 0.1) is 11.7 Å². The standard InChI is InChI=1S/C20H22N6O2/c1-13(27)26-7-5-14(6-8-26)20(28)22-19-10-16-9-15(3-4-18(16)23-24-19)17-11-21-25(2)12-17/h3-4,9-12,14H,5-8H2,1-2H3,(H,22,24,28). The number of piperidine rings is 1. The minimum absolute atomic E-state index is 0.0590. The van der Waals surface area contributed by atoms with Gasteiger partial charge < -0.3 is 10.2 Å². The molecule has 2 aromatic heterocycles. The van der Waals surface area contributed by atoms with Crippen LogP contribution in [0.1, 0.15) is 19.8 Å². The molecule has 28 heavy (non-hydrogen) atoms. The van der Waals surface area contributed by atoms with Gasteiger partial charge in [0.15, 0.2) is 5.82 Å². The lowest BCUT2D eigenvalue weighted by atomic mass is 9.96. The number of aromatic nitrogens is 4. The summed E-state index contributed by atoms with van der Waals surface area (Å²) in [5.74, 6) is 0.314. The van der Waals surface area contributed by atoms with Gasteiger partial charge in [0.1, 0.15) is 0 Å². The van der Waals surface area contributed by atoms with Crippen LogP contribution in [0, 0.1) is 5.92 Å². The topological polar surface area (TPSA) is 93.0 Å². The van der Waals surface area contributed by atoms with Gasteiger partial charge in [-0.2, -0.15) is 5.10 Å². The van der Waals surface area contributed by atoms with Crippen LogP contribution in [0.4, 0.5) is 5.82 Å². The average Bonchev–Trinajstić information content (AvgIpc) is 3.14. The van der Waals surface area contributed by atoms with Crippen LogP contribution in [0.3, 0.4) is 0 Å². The highest BCUT2D eigenvalue weighted by atomic mass is 16.2. The molecule has 4 rings (SSSR count). The molecule has 0 atom stereocenters. The van der Waals surface area contributed by atoms with E-state index in [2.05, 4.69) is 20.6 Å². The number of carbonyl (C=O) groups is 2. The summed E-state index contributed by atoms with van der Waals surface area (Å²) in [6.07, 6.45) is 5.09. The summed E-state index contributed by atoms with van der Waals surface area (Å²) in [5.41, 5.74) is 2.81. The second-order valence-electron chi connectivity index (χ2n) is 7.18. The molecule has 0 bridgehead atoms. The molecule has 1 N–H and O–H groups in total. The van der Waals surface area contributed by atoms with E-state index in [1.165, 1.54) is 0 Å². The van der Waals surface area contributed by atoms with E-state index in [0.29, 0.717) is 31.7 Å². The Bertz CT molecular complexity index is 1040. The highest BCUT2D eigenvalue weighted by molar-refractivity contribution is 5.94. The minimum atomic E-state index is -0.116. The number of rotatable bonds is 3. The van der Waals surface area contributed by atoms with Crippen molar-refractivity contribution in [1.29, 1.82) is 0 Å². The molecular weight excluding hydrogens is 356 g/mol. The van der Waals surface area contributed by atoms with Crippen molar-refractivity contribution in [2.75, 3.05) is 18.4 Å². The SMILES string of the molecule is CC(=O)N1CCC(C(=O)Nc2cc3cc(-c4cnn(C)c4)ccc3nn2)CC1. The van der Waals surface area contributed by atoms with E-state index in [9.17, 15) is 9.59 Å². The second-order valence-corrected chi connectivity index (χ2v) is 7.18. The maximum atomic E-state index is 12.6. The Kier molecular flexibility index (Phi) is 4.77. The Balaban J connectivity index is 1.49. The van der Waals surface area contributed by atoms with Gasteiger partial charge in [0, 0.05) is 50.1 Å². The monoisotopic (exact) mass is 378 g/mol. The molecule has 0 aliphatic carbocycles. The van der Waals surface area contributed by atoms with E-state index < -0.39 is 0 Å². The smallest absolute Gasteiger partial charge is 0.228 e. The predicted molar refractivity (Wildman–Crippen MR) is 105 cm³/mol. The molecule has 1 aliphatic rings. The quantitative estimate of drug-likeness (QED) is 0.754. The van der Waals surface area contributed by atoms with Crippen LogP contribution >= 0.6 is 0 Å². The zero-order chi connectivity index (χ0) is 19.7. The lowest BCUT2D eigenvalue weighted by Gasteiger charge is -2.30. The molecule has 3 aromatic rings. The number of nitrogens with one attached hydrogen (secondary N) is 1. The van der Waals surface area contributed by atoms with Crippen molar-refractivity contribution in [3.63, 3.8) is 0 Å². The lowest BCUT2D eigenvalue weighted by Crippen LogP contribution is -2.40. The van der Waals surface area contributed by atoms with Crippen molar-refractivity contribution in [1.82, 2.24) is 24.9 Å². The first kappa shape index (κ1) is 18.1. The Labute approximate surface area is 162 Å². The molecule has 3 heterocycles. The summed E-state index contributed by atoms with van der Waals surface area (Å²) in [6.45, 7) is 2.79. The molecule has 8 nitrogen and oxygen atoms in total. The first-order valence-corrected chi connectivity index (χ1v) is 9.32. The van der Waals surface area contributed by atoms with E-state index >= 15 is 0 Å². The molecule has 0 spiro atoms. The third-order valence-electron chi connectivity index (χ3n) is 5.19. The highest BCUT2D eigenvalue weighted by Crippen LogP contribution is 2.25. The van der Waals surface area contributed by atoms with Crippen LogP contribution in [-0.2, 0) is 16.6 Å².